The average Bonchev–Trinajstić information content (AvgIpc) is 3.21. The van der Waals surface area contributed by atoms with Gasteiger partial charge in [-0.05, 0) is 43.2 Å². The smallest absolute Gasteiger partial charge is 0.262 e. The molecule has 1 aliphatic heterocycles. The number of hydrogen-bond acceptors (Lipinski definition) is 5. The maximum Gasteiger partial charge on any atom is 0.262 e. The molecular formula is C21H21ClN2O3S. The molecule has 1 aromatic heterocycles. The Morgan fingerprint density at radius 3 is 2.96 bits per heavy atom. The minimum Gasteiger partial charge on any atom is -0.493 e. The summed E-state index contributed by atoms with van der Waals surface area (Å²) >= 11 is 7.50. The molecule has 3 aromatic rings. The zero-order valence-corrected chi connectivity index (χ0v) is 16.9. The number of fused-ring (bicyclic) bond motifs is 1. The molecule has 28 heavy (non-hydrogen) atoms. The first-order valence-electron chi connectivity index (χ1n) is 9.33. The summed E-state index contributed by atoms with van der Waals surface area (Å²) in [5.41, 5.74) is 0.703. The van der Waals surface area contributed by atoms with Crippen LogP contribution in [0, 0.1) is 0 Å². The predicted molar refractivity (Wildman–Crippen MR) is 113 cm³/mol. The third-order valence-corrected chi connectivity index (χ3v) is 5.79. The van der Waals surface area contributed by atoms with Gasteiger partial charge in [0.2, 0.25) is 0 Å². The highest BCUT2D eigenvalue weighted by Gasteiger charge is 2.20. The molecule has 2 heterocycles. The Kier molecular flexibility index (Phi) is 6.20. The number of ether oxygens (including phenoxy) is 2. The van der Waals surface area contributed by atoms with Gasteiger partial charge in [0.1, 0.15) is 5.75 Å². The molecule has 2 aromatic carbocycles. The van der Waals surface area contributed by atoms with Gasteiger partial charge in [-0.1, -0.05) is 41.6 Å². The van der Waals surface area contributed by atoms with Crippen LogP contribution in [0.1, 0.15) is 12.8 Å². The number of para-hydroxylation sites is 1. The van der Waals surface area contributed by atoms with Crippen LogP contribution in [0.3, 0.4) is 0 Å². The second kappa shape index (κ2) is 8.99. The normalized spacial score (nSPS) is 16.5. The van der Waals surface area contributed by atoms with E-state index in [1.54, 1.807) is 10.6 Å². The van der Waals surface area contributed by atoms with E-state index in [4.69, 9.17) is 26.1 Å². The van der Waals surface area contributed by atoms with Crippen molar-refractivity contribution in [2.24, 2.45) is 0 Å². The van der Waals surface area contributed by atoms with E-state index in [1.165, 1.54) is 11.8 Å². The van der Waals surface area contributed by atoms with Crippen LogP contribution >= 0.6 is 23.4 Å². The summed E-state index contributed by atoms with van der Waals surface area (Å²) in [5.74, 6) is 1.40. The standard InChI is InChI=1S/C21H21ClN2O3S/c22-15-5-3-6-16(13-15)27-11-12-28-21-23-19-9-2-1-8-18(19)20(25)24(21)14-17-7-4-10-26-17/h1-3,5-6,8-9,13,17H,4,7,10-12,14H2. The van der Waals surface area contributed by atoms with Crippen molar-refractivity contribution < 1.29 is 9.47 Å². The molecule has 0 aliphatic carbocycles. The quantitative estimate of drug-likeness (QED) is 0.324. The summed E-state index contributed by atoms with van der Waals surface area (Å²) in [7, 11) is 0. The fourth-order valence-corrected chi connectivity index (χ4v) is 4.27. The van der Waals surface area contributed by atoms with Gasteiger partial charge in [-0.3, -0.25) is 9.36 Å². The number of hydrogen-bond donors (Lipinski definition) is 0. The Labute approximate surface area is 172 Å². The Morgan fingerprint density at radius 1 is 1.25 bits per heavy atom. The molecule has 0 saturated carbocycles. The SMILES string of the molecule is O=c1c2ccccc2nc(SCCOc2cccc(Cl)c2)n1CC1CCCO1. The fraction of sp³-hybridized carbons (Fsp3) is 0.333. The van der Waals surface area contributed by atoms with Crippen LogP contribution in [-0.2, 0) is 11.3 Å². The number of nitrogens with zero attached hydrogens (tertiary/aromatic N) is 2. The molecule has 7 heteroatoms. The van der Waals surface area contributed by atoms with Crippen molar-refractivity contribution in [2.75, 3.05) is 19.0 Å². The fourth-order valence-electron chi connectivity index (χ4n) is 3.26. The summed E-state index contributed by atoms with van der Waals surface area (Å²) in [6, 6.07) is 14.8. The highest BCUT2D eigenvalue weighted by molar-refractivity contribution is 7.99. The van der Waals surface area contributed by atoms with Crippen molar-refractivity contribution >= 4 is 34.3 Å². The van der Waals surface area contributed by atoms with Gasteiger partial charge < -0.3 is 9.47 Å². The molecule has 0 radical (unpaired) electrons. The first-order valence-corrected chi connectivity index (χ1v) is 10.7. The van der Waals surface area contributed by atoms with E-state index in [1.807, 2.05) is 42.5 Å². The Bertz CT molecular complexity index is 1020. The first-order chi connectivity index (χ1) is 13.7. The van der Waals surface area contributed by atoms with Crippen molar-refractivity contribution in [3.05, 3.63) is 63.9 Å². The predicted octanol–water partition coefficient (Wildman–Crippen LogP) is 4.40. The molecule has 5 nitrogen and oxygen atoms in total. The Hall–Kier alpha value is -2.02. The van der Waals surface area contributed by atoms with E-state index < -0.39 is 0 Å². The molecular weight excluding hydrogens is 396 g/mol. The highest BCUT2D eigenvalue weighted by atomic mass is 35.5. The maximum atomic E-state index is 13.0. The van der Waals surface area contributed by atoms with Crippen molar-refractivity contribution in [3.63, 3.8) is 0 Å². The summed E-state index contributed by atoms with van der Waals surface area (Å²) in [6.45, 7) is 1.79. The van der Waals surface area contributed by atoms with E-state index in [2.05, 4.69) is 0 Å². The Balaban J connectivity index is 1.51. The molecule has 1 unspecified atom stereocenters. The molecule has 0 bridgehead atoms. The number of thioether (sulfide) groups is 1. The van der Waals surface area contributed by atoms with Gasteiger partial charge in [0.05, 0.1) is 30.2 Å². The van der Waals surface area contributed by atoms with Crippen LogP contribution in [0.2, 0.25) is 5.02 Å². The molecule has 1 aliphatic rings. The summed E-state index contributed by atoms with van der Waals surface area (Å²) in [5, 5.41) is 1.99. The van der Waals surface area contributed by atoms with Gasteiger partial charge in [0.15, 0.2) is 5.16 Å². The summed E-state index contributed by atoms with van der Waals surface area (Å²) < 4.78 is 13.2. The van der Waals surface area contributed by atoms with Crippen LogP contribution < -0.4 is 10.3 Å². The lowest BCUT2D eigenvalue weighted by Gasteiger charge is -2.16. The van der Waals surface area contributed by atoms with Gasteiger partial charge >= 0.3 is 0 Å². The zero-order chi connectivity index (χ0) is 19.3. The molecule has 4 rings (SSSR count). The monoisotopic (exact) mass is 416 g/mol. The van der Waals surface area contributed by atoms with E-state index in [0.29, 0.717) is 40.0 Å². The van der Waals surface area contributed by atoms with Crippen molar-refractivity contribution in [2.45, 2.75) is 30.6 Å². The average molecular weight is 417 g/mol. The van der Waals surface area contributed by atoms with Gasteiger partial charge in [0.25, 0.3) is 5.56 Å². The first kappa shape index (κ1) is 19.3. The van der Waals surface area contributed by atoms with Gasteiger partial charge in [-0.15, -0.1) is 0 Å². The molecule has 0 spiro atoms. The molecule has 1 fully saturated rings. The van der Waals surface area contributed by atoms with Gasteiger partial charge in [-0.2, -0.15) is 0 Å². The zero-order valence-electron chi connectivity index (χ0n) is 15.3. The summed E-state index contributed by atoms with van der Waals surface area (Å²) in [4.78, 5) is 17.8. The van der Waals surface area contributed by atoms with E-state index in [9.17, 15) is 4.79 Å². The van der Waals surface area contributed by atoms with Crippen LogP contribution in [0.15, 0.2) is 58.5 Å². The molecule has 1 atom stereocenters. The molecule has 0 N–H and O–H groups in total. The minimum atomic E-state index is -0.0145. The highest BCUT2D eigenvalue weighted by Crippen LogP contribution is 2.22. The van der Waals surface area contributed by atoms with Crippen molar-refractivity contribution in [1.82, 2.24) is 9.55 Å². The summed E-state index contributed by atoms with van der Waals surface area (Å²) in [6.07, 6.45) is 2.08. The van der Waals surface area contributed by atoms with Gasteiger partial charge in [-0.25, -0.2) is 4.98 Å². The topological polar surface area (TPSA) is 53.3 Å². The lowest BCUT2D eigenvalue weighted by Crippen LogP contribution is -2.29. The van der Waals surface area contributed by atoms with Gasteiger partial charge in [0, 0.05) is 17.4 Å². The largest absolute Gasteiger partial charge is 0.493 e. The molecule has 1 saturated heterocycles. The third kappa shape index (κ3) is 4.51. The lowest BCUT2D eigenvalue weighted by molar-refractivity contribution is 0.0937. The molecule has 0 amide bonds. The lowest BCUT2D eigenvalue weighted by atomic mass is 10.2. The number of rotatable bonds is 7. The second-order valence-electron chi connectivity index (χ2n) is 6.62. The third-order valence-electron chi connectivity index (χ3n) is 4.62. The van der Waals surface area contributed by atoms with E-state index >= 15 is 0 Å². The van der Waals surface area contributed by atoms with Crippen LogP contribution in [-0.4, -0.2) is 34.6 Å². The minimum absolute atomic E-state index is 0.0145. The van der Waals surface area contributed by atoms with Crippen LogP contribution in [0.5, 0.6) is 5.75 Å². The van der Waals surface area contributed by atoms with Crippen LogP contribution in [0.4, 0.5) is 0 Å². The maximum absolute atomic E-state index is 13.0. The second-order valence-corrected chi connectivity index (χ2v) is 8.12. The number of benzene rings is 2. The van der Waals surface area contributed by atoms with E-state index in [-0.39, 0.29) is 11.7 Å². The van der Waals surface area contributed by atoms with Crippen molar-refractivity contribution in [1.29, 1.82) is 0 Å². The number of aromatic nitrogens is 2. The Morgan fingerprint density at radius 2 is 2.14 bits per heavy atom. The number of halogens is 1. The molecule has 146 valence electrons. The van der Waals surface area contributed by atoms with Crippen LogP contribution in [0.25, 0.3) is 10.9 Å². The van der Waals surface area contributed by atoms with E-state index in [0.717, 1.165) is 25.2 Å². The van der Waals surface area contributed by atoms with Crippen molar-refractivity contribution in [3.8, 4) is 5.75 Å².